The van der Waals surface area contributed by atoms with E-state index in [2.05, 4.69) is 221 Å². The van der Waals surface area contributed by atoms with Gasteiger partial charge in [0.1, 0.15) is 0 Å². The van der Waals surface area contributed by atoms with Crippen molar-refractivity contribution in [2.24, 2.45) is 0 Å². The Bertz CT molecular complexity index is 2610. The summed E-state index contributed by atoms with van der Waals surface area (Å²) in [5.74, 6) is 0. The van der Waals surface area contributed by atoms with Crippen molar-refractivity contribution in [2.75, 3.05) is 4.90 Å². The van der Waals surface area contributed by atoms with E-state index in [0.29, 0.717) is 0 Å². The molecule has 0 atom stereocenters. The molecule has 0 fully saturated rings. The lowest BCUT2D eigenvalue weighted by Gasteiger charge is -2.30. The number of hydrogen-bond acceptors (Lipinski definition) is 1. The molecule has 8 aromatic carbocycles. The maximum atomic E-state index is 2.46. The van der Waals surface area contributed by atoms with Crippen LogP contribution in [0.2, 0.25) is 0 Å². The largest absolute Gasteiger partial charge is 0.310 e. The maximum Gasteiger partial charge on any atom is 0.0493 e. The molecule has 0 unspecified atom stereocenters. The van der Waals surface area contributed by atoms with Gasteiger partial charge < -0.3 is 4.90 Å². The SMILES string of the molecule is Cc1cc(N(c2ccc(-c3ccccc3-c3ccccc3)cc2)c2ccc3c(c2)C(C)(C)c2ccccc2-3)c(C)cc1-c1ccc(-c2ccccc2)cc1. The quantitative estimate of drug-likeness (QED) is 0.161. The van der Waals surface area contributed by atoms with Crippen LogP contribution in [0.1, 0.15) is 36.1 Å². The minimum absolute atomic E-state index is 0.0979. The fourth-order valence-electron chi connectivity index (χ4n) is 8.48. The molecule has 0 saturated carbocycles. The van der Waals surface area contributed by atoms with Crippen molar-refractivity contribution >= 4 is 17.1 Å². The minimum Gasteiger partial charge on any atom is -0.310 e. The van der Waals surface area contributed by atoms with Gasteiger partial charge in [-0.1, -0.05) is 166 Å². The zero-order chi connectivity index (χ0) is 36.8. The van der Waals surface area contributed by atoms with Gasteiger partial charge in [0.25, 0.3) is 0 Å². The first-order chi connectivity index (χ1) is 26.4. The Balaban J connectivity index is 1.15. The normalized spacial score (nSPS) is 12.6. The summed E-state index contributed by atoms with van der Waals surface area (Å²) in [4.78, 5) is 2.46. The molecule has 0 amide bonds. The third-order valence-electron chi connectivity index (χ3n) is 11.4. The second-order valence-electron chi connectivity index (χ2n) is 15.1. The van der Waals surface area contributed by atoms with Gasteiger partial charge in [-0.15, -0.1) is 0 Å². The van der Waals surface area contributed by atoms with E-state index < -0.39 is 0 Å². The highest BCUT2D eigenvalue weighted by molar-refractivity contribution is 5.89. The molecular formula is C53H43N. The number of fused-ring (bicyclic) bond motifs is 3. The van der Waals surface area contributed by atoms with Crippen molar-refractivity contribution in [1.82, 2.24) is 0 Å². The predicted molar refractivity (Wildman–Crippen MR) is 230 cm³/mol. The summed E-state index contributed by atoms with van der Waals surface area (Å²) in [5, 5.41) is 0. The number of hydrogen-bond donors (Lipinski definition) is 0. The van der Waals surface area contributed by atoms with Crippen LogP contribution in [0, 0.1) is 13.8 Å². The van der Waals surface area contributed by atoms with E-state index >= 15 is 0 Å². The molecule has 0 N–H and O–H groups in total. The summed E-state index contributed by atoms with van der Waals surface area (Å²) in [7, 11) is 0. The van der Waals surface area contributed by atoms with Crippen LogP contribution in [0.15, 0.2) is 188 Å². The van der Waals surface area contributed by atoms with Gasteiger partial charge in [0.15, 0.2) is 0 Å². The molecule has 1 nitrogen and oxygen atoms in total. The molecule has 0 heterocycles. The first-order valence-electron chi connectivity index (χ1n) is 18.9. The summed E-state index contributed by atoms with van der Waals surface area (Å²) in [6, 6.07) is 68.8. The first kappa shape index (κ1) is 33.4. The maximum absolute atomic E-state index is 2.46. The molecule has 260 valence electrons. The first-order valence-corrected chi connectivity index (χ1v) is 18.9. The van der Waals surface area contributed by atoms with E-state index in [9.17, 15) is 0 Å². The molecule has 0 aromatic heterocycles. The van der Waals surface area contributed by atoms with E-state index in [1.165, 1.54) is 83.6 Å². The zero-order valence-electron chi connectivity index (χ0n) is 31.3. The van der Waals surface area contributed by atoms with Crippen molar-refractivity contribution in [2.45, 2.75) is 33.1 Å². The molecule has 0 aliphatic heterocycles. The van der Waals surface area contributed by atoms with Gasteiger partial charge >= 0.3 is 0 Å². The molecule has 0 spiro atoms. The Morgan fingerprint density at radius 3 is 1.46 bits per heavy atom. The van der Waals surface area contributed by atoms with E-state index in [0.717, 1.165) is 11.4 Å². The average Bonchev–Trinajstić information content (AvgIpc) is 3.45. The topological polar surface area (TPSA) is 3.24 Å². The van der Waals surface area contributed by atoms with Crippen LogP contribution in [0.3, 0.4) is 0 Å². The molecule has 0 radical (unpaired) electrons. The summed E-state index contributed by atoms with van der Waals surface area (Å²) < 4.78 is 0. The van der Waals surface area contributed by atoms with Gasteiger partial charge in [-0.25, -0.2) is 0 Å². The third-order valence-corrected chi connectivity index (χ3v) is 11.4. The Morgan fingerprint density at radius 2 is 0.796 bits per heavy atom. The van der Waals surface area contributed by atoms with E-state index in [1.807, 2.05) is 0 Å². The number of benzene rings is 8. The number of aryl methyl sites for hydroxylation is 2. The molecule has 1 aliphatic rings. The predicted octanol–water partition coefficient (Wildman–Crippen LogP) is 14.7. The van der Waals surface area contributed by atoms with E-state index in [1.54, 1.807) is 0 Å². The van der Waals surface area contributed by atoms with E-state index in [4.69, 9.17) is 0 Å². The smallest absolute Gasteiger partial charge is 0.0493 e. The lowest BCUT2D eigenvalue weighted by molar-refractivity contribution is 0.660. The summed E-state index contributed by atoms with van der Waals surface area (Å²) in [6.07, 6.45) is 0. The van der Waals surface area contributed by atoms with Gasteiger partial charge in [-0.05, 0) is 128 Å². The fraction of sp³-hybridized carbons (Fsp3) is 0.0943. The molecule has 1 heteroatoms. The molecule has 0 bridgehead atoms. The van der Waals surface area contributed by atoms with Gasteiger partial charge in [-0.3, -0.25) is 0 Å². The second kappa shape index (κ2) is 13.5. The van der Waals surface area contributed by atoms with Crippen LogP contribution < -0.4 is 4.90 Å². The van der Waals surface area contributed by atoms with Crippen LogP contribution in [0.25, 0.3) is 55.6 Å². The van der Waals surface area contributed by atoms with Crippen LogP contribution in [-0.4, -0.2) is 0 Å². The van der Waals surface area contributed by atoms with Gasteiger partial charge in [0, 0.05) is 22.5 Å². The highest BCUT2D eigenvalue weighted by atomic mass is 15.1. The average molecular weight is 694 g/mol. The monoisotopic (exact) mass is 693 g/mol. The Hall–Kier alpha value is -6.44. The molecule has 9 rings (SSSR count). The summed E-state index contributed by atoms with van der Waals surface area (Å²) in [5.41, 5.74) is 21.1. The van der Waals surface area contributed by atoms with Crippen LogP contribution in [0.5, 0.6) is 0 Å². The molecule has 0 saturated heterocycles. The second-order valence-corrected chi connectivity index (χ2v) is 15.1. The van der Waals surface area contributed by atoms with Gasteiger partial charge in [0.2, 0.25) is 0 Å². The molecule has 8 aromatic rings. The Morgan fingerprint density at radius 1 is 0.333 bits per heavy atom. The number of anilines is 3. The molecule has 54 heavy (non-hydrogen) atoms. The lowest BCUT2D eigenvalue weighted by Crippen LogP contribution is -2.17. The van der Waals surface area contributed by atoms with Crippen LogP contribution in [0.4, 0.5) is 17.1 Å². The third kappa shape index (κ3) is 5.83. The van der Waals surface area contributed by atoms with Crippen molar-refractivity contribution in [3.63, 3.8) is 0 Å². The summed E-state index contributed by atoms with van der Waals surface area (Å²) in [6.45, 7) is 9.21. The van der Waals surface area contributed by atoms with Gasteiger partial charge in [-0.2, -0.15) is 0 Å². The highest BCUT2D eigenvalue weighted by Gasteiger charge is 2.35. The van der Waals surface area contributed by atoms with Crippen molar-refractivity contribution in [3.05, 3.63) is 210 Å². The molecular weight excluding hydrogens is 651 g/mol. The number of rotatable bonds is 7. The highest BCUT2D eigenvalue weighted by Crippen LogP contribution is 2.51. The number of nitrogens with zero attached hydrogens (tertiary/aromatic N) is 1. The lowest BCUT2D eigenvalue weighted by atomic mass is 9.82. The van der Waals surface area contributed by atoms with Gasteiger partial charge in [0.05, 0.1) is 0 Å². The van der Waals surface area contributed by atoms with Crippen molar-refractivity contribution in [1.29, 1.82) is 0 Å². The Labute approximate surface area is 319 Å². The van der Waals surface area contributed by atoms with Crippen molar-refractivity contribution in [3.8, 4) is 55.6 Å². The van der Waals surface area contributed by atoms with E-state index in [-0.39, 0.29) is 5.41 Å². The fourth-order valence-corrected chi connectivity index (χ4v) is 8.48. The summed E-state index contributed by atoms with van der Waals surface area (Å²) >= 11 is 0. The standard InChI is InChI=1S/C53H43N/c1-36-34-52(37(2)33-49(36)42-25-23-39(24-26-42)38-15-7-5-8-16-38)54(44-31-32-48-47-21-13-14-22-50(47)53(3,4)51(48)35-44)43-29-27-41(28-30-43)46-20-12-11-19-45(46)40-17-9-6-10-18-40/h5-35H,1-4H3. The van der Waals surface area contributed by atoms with Crippen molar-refractivity contribution < 1.29 is 0 Å². The van der Waals surface area contributed by atoms with Crippen LogP contribution >= 0.6 is 0 Å². The zero-order valence-corrected chi connectivity index (χ0v) is 31.3. The van der Waals surface area contributed by atoms with Crippen LogP contribution in [-0.2, 0) is 5.41 Å². The molecule has 1 aliphatic carbocycles. The minimum atomic E-state index is -0.0979. The Kier molecular flexibility index (Phi) is 8.36.